The van der Waals surface area contributed by atoms with E-state index in [1.165, 1.54) is 0 Å². The molecule has 0 amide bonds. The smallest absolute Gasteiger partial charge is 0.224 e. The molecule has 11 heteroatoms. The van der Waals surface area contributed by atoms with Crippen LogP contribution in [0.15, 0.2) is 0 Å². The molecule has 11 nitrogen and oxygen atoms in total. The Morgan fingerprint density at radius 3 is 1.87 bits per heavy atom. The molecule has 0 radical (unpaired) electrons. The summed E-state index contributed by atoms with van der Waals surface area (Å²) >= 11 is 0. The monoisotopic (exact) mass is 342 g/mol. The van der Waals surface area contributed by atoms with Gasteiger partial charge in [0.25, 0.3) is 0 Å². The van der Waals surface area contributed by atoms with Crippen LogP contribution in [0.5, 0.6) is 0 Å². The summed E-state index contributed by atoms with van der Waals surface area (Å²) in [7, 11) is 0. The van der Waals surface area contributed by atoms with Gasteiger partial charge >= 0.3 is 0 Å². The Labute approximate surface area is 130 Å². The van der Waals surface area contributed by atoms with E-state index in [2.05, 4.69) is 0 Å². The molecule has 0 saturated carbocycles. The van der Waals surface area contributed by atoms with E-state index in [0.717, 1.165) is 0 Å². The average molecular weight is 342 g/mol. The quantitative estimate of drug-likeness (QED) is 0.238. The molecule has 0 aromatic carbocycles. The highest BCUT2D eigenvalue weighted by atomic mass is 16.8. The van der Waals surface area contributed by atoms with Crippen molar-refractivity contribution in [2.45, 2.75) is 54.8 Å². The van der Waals surface area contributed by atoms with E-state index in [4.69, 9.17) is 24.4 Å². The van der Waals surface area contributed by atoms with Gasteiger partial charge in [0.2, 0.25) is 5.79 Å². The fraction of sp³-hybridized carbons (Fsp3) is 1.00. The van der Waals surface area contributed by atoms with Crippen molar-refractivity contribution in [1.82, 2.24) is 0 Å². The Balaban J connectivity index is 2.18. The third-order valence-corrected chi connectivity index (χ3v) is 4.07. The molecule has 2 heterocycles. The highest BCUT2D eigenvalue weighted by molar-refractivity contribution is 4.98. The van der Waals surface area contributed by atoms with E-state index >= 15 is 0 Å². The summed E-state index contributed by atoms with van der Waals surface area (Å²) in [5, 5.41) is 76.7. The van der Waals surface area contributed by atoms with E-state index < -0.39 is 74.6 Å². The molecular weight excluding hydrogens is 320 g/mol. The number of ether oxygens (including phenoxy) is 3. The van der Waals surface area contributed by atoms with Crippen LogP contribution in [0.1, 0.15) is 0 Å². The SMILES string of the molecule is OC[C@@H]1O[C@@](CO)(O[C@H]2O[C@H](CO)[C@@H](O)[C@H](O)[C@@H]2O)[C@@H](O)[C@H]1O. The third kappa shape index (κ3) is 3.23. The van der Waals surface area contributed by atoms with Crippen molar-refractivity contribution in [3.05, 3.63) is 0 Å². The first-order valence-electron chi connectivity index (χ1n) is 7.05. The van der Waals surface area contributed by atoms with Crippen molar-refractivity contribution in [1.29, 1.82) is 0 Å². The molecule has 0 spiro atoms. The Morgan fingerprint density at radius 2 is 1.39 bits per heavy atom. The minimum absolute atomic E-state index is 0.669. The first kappa shape index (κ1) is 18.9. The van der Waals surface area contributed by atoms with Gasteiger partial charge in [-0.25, -0.2) is 0 Å². The number of hydrogen-bond acceptors (Lipinski definition) is 11. The van der Waals surface area contributed by atoms with E-state index in [1.807, 2.05) is 0 Å². The molecule has 2 rings (SSSR count). The molecule has 0 unspecified atom stereocenters. The minimum atomic E-state index is -2.22. The Morgan fingerprint density at radius 1 is 0.783 bits per heavy atom. The maximum absolute atomic E-state index is 10.00. The summed E-state index contributed by atoms with van der Waals surface area (Å²) in [4.78, 5) is 0. The van der Waals surface area contributed by atoms with Gasteiger partial charge in [-0.3, -0.25) is 0 Å². The van der Waals surface area contributed by atoms with Gasteiger partial charge in [0.05, 0.1) is 13.2 Å². The fourth-order valence-corrected chi connectivity index (χ4v) is 2.63. The van der Waals surface area contributed by atoms with Crippen molar-refractivity contribution in [2.24, 2.45) is 0 Å². The summed E-state index contributed by atoms with van der Waals surface area (Å²) in [5.41, 5.74) is 0. The van der Waals surface area contributed by atoms with Crippen molar-refractivity contribution >= 4 is 0 Å². The molecule has 0 bridgehead atoms. The van der Waals surface area contributed by atoms with Crippen molar-refractivity contribution < 1.29 is 55.1 Å². The van der Waals surface area contributed by atoms with Crippen LogP contribution in [0, 0.1) is 0 Å². The van der Waals surface area contributed by atoms with Gasteiger partial charge in [0.15, 0.2) is 6.29 Å². The lowest BCUT2D eigenvalue weighted by atomic mass is 9.99. The predicted octanol–water partition coefficient (Wildman–Crippen LogP) is -5.40. The second-order valence-corrected chi connectivity index (χ2v) is 5.56. The zero-order chi connectivity index (χ0) is 17.4. The van der Waals surface area contributed by atoms with Crippen LogP contribution in [0.4, 0.5) is 0 Å². The summed E-state index contributed by atoms with van der Waals surface area (Å²) in [6.45, 7) is -2.32. The highest BCUT2D eigenvalue weighted by Crippen LogP contribution is 2.35. The zero-order valence-corrected chi connectivity index (χ0v) is 12.0. The Kier molecular flexibility index (Phi) is 5.92. The van der Waals surface area contributed by atoms with Crippen molar-refractivity contribution in [2.75, 3.05) is 19.8 Å². The summed E-state index contributed by atoms with van der Waals surface area (Å²) < 4.78 is 15.4. The Bertz CT molecular complexity index is 393. The molecule has 0 aliphatic carbocycles. The lowest BCUT2D eigenvalue weighted by molar-refractivity contribution is -0.383. The normalized spacial score (nSPS) is 51.1. The maximum Gasteiger partial charge on any atom is 0.224 e. The van der Waals surface area contributed by atoms with Crippen LogP contribution in [0.25, 0.3) is 0 Å². The standard InChI is InChI=1S/C12H22O11/c13-1-4-6(16)8(18)9(19)11(21-4)23-12(3-15)10(20)7(17)5(2-14)22-12/h4-11,13-20H,1-3H2/t4-,5+,6-,7+,8+,9+,10+,11-,12+/m1/s1. The molecule has 9 atom stereocenters. The van der Waals surface area contributed by atoms with Crippen LogP contribution in [-0.2, 0) is 14.2 Å². The molecule has 0 aromatic heterocycles. The summed E-state index contributed by atoms with van der Waals surface area (Å²) in [6, 6.07) is 0. The molecule has 23 heavy (non-hydrogen) atoms. The molecule has 2 aliphatic rings. The molecule has 8 N–H and O–H groups in total. The topological polar surface area (TPSA) is 190 Å². The number of aliphatic hydroxyl groups excluding tert-OH is 8. The number of aliphatic hydroxyl groups is 8. The van der Waals surface area contributed by atoms with Crippen molar-refractivity contribution in [3.8, 4) is 0 Å². The minimum Gasteiger partial charge on any atom is -0.394 e. The van der Waals surface area contributed by atoms with Gasteiger partial charge in [-0.15, -0.1) is 0 Å². The summed E-state index contributed by atoms with van der Waals surface area (Å²) in [5.74, 6) is -2.22. The second kappa shape index (κ2) is 7.21. The highest BCUT2D eigenvalue weighted by Gasteiger charge is 2.58. The molecule has 2 aliphatic heterocycles. The first-order valence-corrected chi connectivity index (χ1v) is 7.05. The van der Waals surface area contributed by atoms with Crippen LogP contribution in [-0.4, -0.2) is 115 Å². The van der Waals surface area contributed by atoms with Crippen LogP contribution >= 0.6 is 0 Å². The van der Waals surface area contributed by atoms with Gasteiger partial charge in [0, 0.05) is 0 Å². The molecule has 0 aromatic rings. The third-order valence-electron chi connectivity index (χ3n) is 4.07. The molecule has 2 fully saturated rings. The van der Waals surface area contributed by atoms with Gasteiger partial charge < -0.3 is 55.1 Å². The first-order chi connectivity index (χ1) is 10.8. The molecule has 136 valence electrons. The molecular formula is C12H22O11. The van der Waals surface area contributed by atoms with E-state index in [-0.39, 0.29) is 0 Å². The lowest BCUT2D eigenvalue weighted by Gasteiger charge is -2.43. The van der Waals surface area contributed by atoms with Crippen LogP contribution in [0.3, 0.4) is 0 Å². The van der Waals surface area contributed by atoms with E-state index in [1.54, 1.807) is 0 Å². The van der Waals surface area contributed by atoms with Crippen LogP contribution in [0.2, 0.25) is 0 Å². The average Bonchev–Trinajstić information content (AvgIpc) is 2.80. The van der Waals surface area contributed by atoms with Crippen molar-refractivity contribution in [3.63, 3.8) is 0 Å². The summed E-state index contributed by atoms with van der Waals surface area (Å²) in [6.07, 6.45) is -12.7. The van der Waals surface area contributed by atoms with E-state index in [9.17, 15) is 30.6 Å². The maximum atomic E-state index is 10.00. The Hall–Kier alpha value is -0.440. The second-order valence-electron chi connectivity index (χ2n) is 5.56. The van der Waals surface area contributed by atoms with Crippen LogP contribution < -0.4 is 0 Å². The van der Waals surface area contributed by atoms with Gasteiger partial charge in [-0.2, -0.15) is 0 Å². The zero-order valence-electron chi connectivity index (χ0n) is 12.0. The molecule has 2 saturated heterocycles. The van der Waals surface area contributed by atoms with Gasteiger partial charge in [0.1, 0.15) is 49.3 Å². The van der Waals surface area contributed by atoms with Gasteiger partial charge in [-0.1, -0.05) is 0 Å². The van der Waals surface area contributed by atoms with Gasteiger partial charge in [-0.05, 0) is 0 Å². The fourth-order valence-electron chi connectivity index (χ4n) is 2.63. The van der Waals surface area contributed by atoms with E-state index in [0.29, 0.717) is 0 Å². The predicted molar refractivity (Wildman–Crippen MR) is 68.6 cm³/mol. The largest absolute Gasteiger partial charge is 0.394 e. The number of hydrogen-bond donors (Lipinski definition) is 8. The number of rotatable bonds is 5. The lowest BCUT2D eigenvalue weighted by Crippen LogP contribution is -2.62.